The van der Waals surface area contributed by atoms with Crippen LogP contribution in [0.4, 0.5) is 0 Å². The summed E-state index contributed by atoms with van der Waals surface area (Å²) in [7, 11) is 0. The average molecular weight is 211 g/mol. The van der Waals surface area contributed by atoms with Gasteiger partial charge in [0.2, 0.25) is 0 Å². The van der Waals surface area contributed by atoms with Crippen LogP contribution in [0.1, 0.15) is 13.8 Å². The molecule has 0 bridgehead atoms. The molecular weight excluding hydrogens is 203 g/mol. The molecule has 0 N–H and O–H groups in total. The van der Waals surface area contributed by atoms with Crippen LogP contribution in [-0.2, 0) is 21.7 Å². The third-order valence-corrected chi connectivity index (χ3v) is 1.88. The van der Waals surface area contributed by atoms with E-state index in [1.807, 2.05) is 26.0 Å². The van der Waals surface area contributed by atoms with Crippen molar-refractivity contribution in [1.82, 2.24) is 0 Å². The molecule has 0 aliphatic heterocycles. The summed E-state index contributed by atoms with van der Waals surface area (Å²) >= 11 is 11.5. The van der Waals surface area contributed by atoms with Gasteiger partial charge in [-0.15, -0.1) is 0 Å². The minimum atomic E-state index is -0.742. The molecule has 0 radical (unpaired) electrons. The van der Waals surface area contributed by atoms with E-state index in [4.69, 9.17) is 23.2 Å². The third kappa shape index (κ3) is 2.43. The van der Waals surface area contributed by atoms with Crippen molar-refractivity contribution >= 4 is 23.2 Å². The molecule has 0 nitrogen and oxygen atoms in total. The van der Waals surface area contributed by atoms with Gasteiger partial charge in [0.25, 0.3) is 0 Å². The first-order valence-corrected chi connectivity index (χ1v) is 3.54. The van der Waals surface area contributed by atoms with Crippen LogP contribution >= 0.6 is 23.2 Å². The van der Waals surface area contributed by atoms with E-state index in [1.54, 1.807) is 0 Å². The Morgan fingerprint density at radius 3 is 1.50 bits per heavy atom. The molecule has 0 unspecified atom stereocenters. The first-order valence-electron chi connectivity index (χ1n) is 2.78. The number of rotatable bonds is 0. The van der Waals surface area contributed by atoms with Gasteiger partial charge in [-0.1, -0.05) is 23.2 Å². The fourth-order valence-electron chi connectivity index (χ4n) is 0.847. The number of halogens is 2. The standard InChI is InChI=1S/C7H8Cl2.Ti/c1-5-3-7(8,9)4-6(5)2;/h3-4H,1-2H3;. The van der Waals surface area contributed by atoms with E-state index < -0.39 is 4.33 Å². The molecule has 1 aliphatic carbocycles. The molecule has 0 heterocycles. The van der Waals surface area contributed by atoms with Gasteiger partial charge in [0, 0.05) is 21.7 Å². The van der Waals surface area contributed by atoms with Gasteiger partial charge in [-0.3, -0.25) is 0 Å². The molecule has 0 saturated carbocycles. The van der Waals surface area contributed by atoms with Crippen LogP contribution in [-0.4, -0.2) is 4.33 Å². The minimum Gasteiger partial charge on any atom is -0.0922 e. The molecule has 0 spiro atoms. The second-order valence-corrected chi connectivity index (χ2v) is 3.77. The number of alkyl halides is 2. The van der Waals surface area contributed by atoms with Gasteiger partial charge in [-0.05, 0) is 37.1 Å². The molecule has 0 amide bonds. The molecule has 54 valence electrons. The molecule has 1 rings (SSSR count). The van der Waals surface area contributed by atoms with E-state index in [1.165, 1.54) is 11.1 Å². The smallest absolute Gasteiger partial charge is 0.0922 e. The first kappa shape index (κ1) is 10.8. The summed E-state index contributed by atoms with van der Waals surface area (Å²) in [6.07, 6.45) is 3.68. The molecule has 1 aliphatic rings. The van der Waals surface area contributed by atoms with E-state index in [0.717, 1.165) is 0 Å². The van der Waals surface area contributed by atoms with E-state index >= 15 is 0 Å². The van der Waals surface area contributed by atoms with Crippen LogP contribution < -0.4 is 0 Å². The van der Waals surface area contributed by atoms with Crippen LogP contribution in [0, 0.1) is 0 Å². The van der Waals surface area contributed by atoms with Crippen molar-refractivity contribution in [2.45, 2.75) is 18.2 Å². The zero-order chi connectivity index (χ0) is 7.07. The van der Waals surface area contributed by atoms with Crippen LogP contribution in [0.25, 0.3) is 0 Å². The van der Waals surface area contributed by atoms with Crippen LogP contribution in [0.3, 0.4) is 0 Å². The van der Waals surface area contributed by atoms with Crippen molar-refractivity contribution < 1.29 is 21.7 Å². The normalized spacial score (nSPS) is 21.2. The second kappa shape index (κ2) is 3.45. The van der Waals surface area contributed by atoms with Crippen molar-refractivity contribution in [3.05, 3.63) is 23.3 Å². The molecule has 0 aromatic rings. The fraction of sp³-hybridized carbons (Fsp3) is 0.429. The van der Waals surface area contributed by atoms with Gasteiger partial charge in [0.05, 0.1) is 0 Å². The predicted octanol–water partition coefficient (Wildman–Crippen LogP) is 3.06. The Morgan fingerprint density at radius 2 is 1.40 bits per heavy atom. The quantitative estimate of drug-likeness (QED) is 0.426. The number of hydrogen-bond acceptors (Lipinski definition) is 0. The van der Waals surface area contributed by atoms with E-state index in [9.17, 15) is 0 Å². The molecule has 0 aromatic carbocycles. The monoisotopic (exact) mass is 210 g/mol. The maximum absolute atomic E-state index is 5.77. The van der Waals surface area contributed by atoms with E-state index in [-0.39, 0.29) is 21.7 Å². The number of allylic oxidation sites excluding steroid dienone is 4. The molecule has 0 saturated heterocycles. The Morgan fingerprint density at radius 1 is 1.10 bits per heavy atom. The maximum Gasteiger partial charge on any atom is 0.155 e. The molecule has 10 heavy (non-hydrogen) atoms. The Bertz CT molecular complexity index is 172. The predicted molar refractivity (Wildman–Crippen MR) is 42.0 cm³/mol. The largest absolute Gasteiger partial charge is 0.155 e. The molecule has 0 atom stereocenters. The van der Waals surface area contributed by atoms with Crippen LogP contribution in [0.2, 0.25) is 0 Å². The van der Waals surface area contributed by atoms with Gasteiger partial charge in [-0.25, -0.2) is 0 Å². The zero-order valence-electron chi connectivity index (χ0n) is 5.91. The maximum atomic E-state index is 5.77. The van der Waals surface area contributed by atoms with Gasteiger partial charge in [0.15, 0.2) is 4.33 Å². The van der Waals surface area contributed by atoms with Crippen molar-refractivity contribution in [3.8, 4) is 0 Å². The minimum absolute atomic E-state index is 0. The average Bonchev–Trinajstić information content (AvgIpc) is 1.79. The van der Waals surface area contributed by atoms with E-state index in [2.05, 4.69) is 0 Å². The number of hydrogen-bond donors (Lipinski definition) is 0. The Balaban J connectivity index is 0.000000810. The fourth-order valence-corrected chi connectivity index (χ4v) is 1.50. The first-order chi connectivity index (χ1) is 4.01. The molecule has 3 heteroatoms. The summed E-state index contributed by atoms with van der Waals surface area (Å²) in [5.41, 5.74) is 2.33. The summed E-state index contributed by atoms with van der Waals surface area (Å²) in [5, 5.41) is 0. The van der Waals surface area contributed by atoms with Gasteiger partial charge in [0.1, 0.15) is 0 Å². The van der Waals surface area contributed by atoms with Gasteiger partial charge in [-0.2, -0.15) is 0 Å². The summed E-state index contributed by atoms with van der Waals surface area (Å²) in [5.74, 6) is 0. The van der Waals surface area contributed by atoms with Gasteiger partial charge >= 0.3 is 0 Å². The SMILES string of the molecule is CC1=CC(Cl)(Cl)C=C1C.[Ti]. The summed E-state index contributed by atoms with van der Waals surface area (Å²) in [6.45, 7) is 4.00. The third-order valence-electron chi connectivity index (χ3n) is 1.44. The van der Waals surface area contributed by atoms with Crippen LogP contribution in [0.5, 0.6) is 0 Å². The zero-order valence-corrected chi connectivity index (χ0v) is 8.98. The molecule has 0 fully saturated rings. The van der Waals surface area contributed by atoms with Crippen molar-refractivity contribution in [1.29, 1.82) is 0 Å². The van der Waals surface area contributed by atoms with E-state index in [0.29, 0.717) is 0 Å². The Kier molecular flexibility index (Phi) is 3.71. The summed E-state index contributed by atoms with van der Waals surface area (Å²) in [4.78, 5) is 0. The Hall–Kier alpha value is 0.774. The topological polar surface area (TPSA) is 0 Å². The molecule has 0 aromatic heterocycles. The van der Waals surface area contributed by atoms with Crippen molar-refractivity contribution in [2.75, 3.05) is 0 Å². The van der Waals surface area contributed by atoms with Crippen molar-refractivity contribution in [3.63, 3.8) is 0 Å². The van der Waals surface area contributed by atoms with Gasteiger partial charge < -0.3 is 0 Å². The van der Waals surface area contributed by atoms with Crippen LogP contribution in [0.15, 0.2) is 23.3 Å². The summed E-state index contributed by atoms with van der Waals surface area (Å²) < 4.78 is -0.742. The second-order valence-electron chi connectivity index (χ2n) is 2.33. The van der Waals surface area contributed by atoms with Crippen molar-refractivity contribution in [2.24, 2.45) is 0 Å². The Labute approximate surface area is 86.2 Å². The summed E-state index contributed by atoms with van der Waals surface area (Å²) in [6, 6.07) is 0. The molecular formula is C7H8Cl2Ti.